The highest BCUT2D eigenvalue weighted by atomic mass is 32.2. The number of aromatic nitrogens is 1. The summed E-state index contributed by atoms with van der Waals surface area (Å²) in [6.07, 6.45) is 2.28. The largest absolute Gasteiger partial charge is 0.324 e. The number of rotatable bonds is 5. The average Bonchev–Trinajstić information content (AvgIpc) is 3.20. The van der Waals surface area contributed by atoms with E-state index in [9.17, 15) is 8.42 Å². The second kappa shape index (κ2) is 5.04. The van der Waals surface area contributed by atoms with Crippen molar-refractivity contribution in [3.8, 4) is 0 Å². The van der Waals surface area contributed by atoms with Gasteiger partial charge in [0, 0.05) is 17.0 Å². The van der Waals surface area contributed by atoms with Crippen LogP contribution < -0.4 is 16.0 Å². The predicted molar refractivity (Wildman–Crippen MR) is 79.1 cm³/mol. The molecule has 4 N–H and O–H groups in total. The second-order valence-electron chi connectivity index (χ2n) is 4.63. The van der Waals surface area contributed by atoms with Gasteiger partial charge in [0.1, 0.15) is 0 Å². The van der Waals surface area contributed by atoms with E-state index in [1.54, 1.807) is 12.1 Å². The Balaban J connectivity index is 1.79. The first-order valence-corrected chi connectivity index (χ1v) is 8.50. The Morgan fingerprint density at radius 3 is 2.55 bits per heavy atom. The number of benzene rings is 1. The van der Waals surface area contributed by atoms with E-state index in [1.165, 1.54) is 23.5 Å². The highest BCUT2D eigenvalue weighted by molar-refractivity contribution is 7.93. The van der Waals surface area contributed by atoms with Crippen LogP contribution in [0.25, 0.3) is 0 Å². The lowest BCUT2D eigenvalue weighted by molar-refractivity contribution is 0.601. The fourth-order valence-electron chi connectivity index (χ4n) is 1.80. The van der Waals surface area contributed by atoms with E-state index in [-0.39, 0.29) is 4.90 Å². The Morgan fingerprint density at radius 1 is 1.25 bits per heavy atom. The third-order valence-electron chi connectivity index (χ3n) is 3.07. The van der Waals surface area contributed by atoms with Gasteiger partial charge < -0.3 is 5.43 Å². The average molecular weight is 310 g/mol. The van der Waals surface area contributed by atoms with Gasteiger partial charge >= 0.3 is 0 Å². The summed E-state index contributed by atoms with van der Waals surface area (Å²) < 4.78 is 26.9. The number of sulfonamides is 1. The van der Waals surface area contributed by atoms with Gasteiger partial charge in [-0.1, -0.05) is 0 Å². The summed E-state index contributed by atoms with van der Waals surface area (Å²) in [6, 6.07) is 6.19. The van der Waals surface area contributed by atoms with Gasteiger partial charge in [-0.3, -0.25) is 10.6 Å². The number of hydrogen-bond donors (Lipinski definition) is 3. The molecule has 2 aromatic rings. The Kier molecular flexibility index (Phi) is 3.36. The molecule has 1 aliphatic rings. The lowest BCUT2D eigenvalue weighted by Gasteiger charge is -2.06. The number of nitrogens with one attached hydrogen (secondary N) is 2. The van der Waals surface area contributed by atoms with Gasteiger partial charge in [0.05, 0.1) is 10.6 Å². The molecule has 1 aliphatic carbocycles. The van der Waals surface area contributed by atoms with Crippen LogP contribution in [0, 0.1) is 0 Å². The molecule has 1 aromatic heterocycles. The lowest BCUT2D eigenvalue weighted by Crippen LogP contribution is -2.13. The third-order valence-corrected chi connectivity index (χ3v) is 5.33. The monoisotopic (exact) mass is 310 g/mol. The predicted octanol–water partition coefficient (Wildman–Crippen LogP) is 2.11. The van der Waals surface area contributed by atoms with Crippen molar-refractivity contribution in [1.82, 2.24) is 4.98 Å². The molecular weight excluding hydrogens is 296 g/mol. The van der Waals surface area contributed by atoms with Crippen LogP contribution in [0.5, 0.6) is 0 Å². The highest BCUT2D eigenvalue weighted by Gasteiger charge is 2.26. The van der Waals surface area contributed by atoms with E-state index >= 15 is 0 Å². The van der Waals surface area contributed by atoms with Crippen molar-refractivity contribution in [2.45, 2.75) is 23.7 Å². The van der Waals surface area contributed by atoms with Crippen LogP contribution in [0.2, 0.25) is 0 Å². The second-order valence-corrected chi connectivity index (χ2v) is 7.17. The van der Waals surface area contributed by atoms with E-state index in [1.807, 2.05) is 5.38 Å². The van der Waals surface area contributed by atoms with Gasteiger partial charge in [0.25, 0.3) is 10.0 Å². The standard InChI is InChI=1S/C12H14N4O2S2/c13-15-9-3-5-10(6-4-9)20(17,18)16-12-14-11(7-19-12)8-1-2-8/h3-8,15H,1-2,13H2,(H,14,16). The summed E-state index contributed by atoms with van der Waals surface area (Å²) in [4.78, 5) is 4.49. The maximum Gasteiger partial charge on any atom is 0.263 e. The number of nitrogens with zero attached hydrogens (tertiary/aromatic N) is 1. The third kappa shape index (κ3) is 2.77. The number of hydrogen-bond acceptors (Lipinski definition) is 6. The molecular formula is C12H14N4O2S2. The number of anilines is 2. The molecule has 0 amide bonds. The topological polar surface area (TPSA) is 97.1 Å². The van der Waals surface area contributed by atoms with E-state index in [0.29, 0.717) is 16.7 Å². The summed E-state index contributed by atoms with van der Waals surface area (Å²) in [5.41, 5.74) is 4.08. The first-order valence-electron chi connectivity index (χ1n) is 6.13. The number of thiazole rings is 1. The van der Waals surface area contributed by atoms with Crippen molar-refractivity contribution >= 4 is 32.2 Å². The van der Waals surface area contributed by atoms with Crippen molar-refractivity contribution in [2.75, 3.05) is 10.1 Å². The molecule has 6 nitrogen and oxygen atoms in total. The van der Waals surface area contributed by atoms with Gasteiger partial charge in [-0.15, -0.1) is 11.3 Å². The van der Waals surface area contributed by atoms with Gasteiger partial charge in [0.2, 0.25) is 0 Å². The van der Waals surface area contributed by atoms with E-state index in [0.717, 1.165) is 18.5 Å². The zero-order valence-electron chi connectivity index (χ0n) is 10.5. The molecule has 1 heterocycles. The van der Waals surface area contributed by atoms with Crippen molar-refractivity contribution in [3.63, 3.8) is 0 Å². The maximum absolute atomic E-state index is 12.2. The van der Waals surface area contributed by atoms with E-state index < -0.39 is 10.0 Å². The first kappa shape index (κ1) is 13.3. The maximum atomic E-state index is 12.2. The van der Waals surface area contributed by atoms with Crippen molar-refractivity contribution < 1.29 is 8.42 Å². The normalized spacial score (nSPS) is 15.1. The van der Waals surface area contributed by atoms with Crippen LogP contribution in [0.4, 0.5) is 10.8 Å². The number of nitrogen functional groups attached to an aromatic ring is 1. The van der Waals surface area contributed by atoms with Crippen molar-refractivity contribution in [1.29, 1.82) is 0 Å². The molecule has 8 heteroatoms. The van der Waals surface area contributed by atoms with Gasteiger partial charge in [-0.25, -0.2) is 13.4 Å². The summed E-state index contributed by atoms with van der Waals surface area (Å²) in [6.45, 7) is 0. The van der Waals surface area contributed by atoms with Crippen LogP contribution in [-0.4, -0.2) is 13.4 Å². The smallest absolute Gasteiger partial charge is 0.263 e. The molecule has 0 spiro atoms. The van der Waals surface area contributed by atoms with E-state index in [2.05, 4.69) is 15.1 Å². The molecule has 20 heavy (non-hydrogen) atoms. The lowest BCUT2D eigenvalue weighted by atomic mass is 10.3. The Hall–Kier alpha value is -1.64. The minimum absolute atomic E-state index is 0.180. The molecule has 0 unspecified atom stereocenters. The molecule has 0 radical (unpaired) electrons. The van der Waals surface area contributed by atoms with Crippen molar-refractivity contribution in [2.24, 2.45) is 5.84 Å². The number of hydrazine groups is 1. The first-order chi connectivity index (χ1) is 9.58. The van der Waals surface area contributed by atoms with Crippen LogP contribution >= 0.6 is 11.3 Å². The van der Waals surface area contributed by atoms with Gasteiger partial charge in [0.15, 0.2) is 5.13 Å². The van der Waals surface area contributed by atoms with Crippen LogP contribution in [0.1, 0.15) is 24.5 Å². The summed E-state index contributed by atoms with van der Waals surface area (Å²) in [5, 5.41) is 2.32. The number of nitrogens with two attached hydrogens (primary N) is 1. The molecule has 0 bridgehead atoms. The van der Waals surface area contributed by atoms with Crippen LogP contribution in [0.3, 0.4) is 0 Å². The van der Waals surface area contributed by atoms with E-state index in [4.69, 9.17) is 5.84 Å². The zero-order valence-corrected chi connectivity index (χ0v) is 12.2. The Bertz CT molecular complexity index is 705. The minimum Gasteiger partial charge on any atom is -0.324 e. The minimum atomic E-state index is -3.60. The van der Waals surface area contributed by atoms with Crippen molar-refractivity contribution in [3.05, 3.63) is 35.3 Å². The Labute approximate surface area is 121 Å². The van der Waals surface area contributed by atoms with Crippen LogP contribution in [-0.2, 0) is 10.0 Å². The Morgan fingerprint density at radius 2 is 1.95 bits per heavy atom. The van der Waals surface area contributed by atoms with Gasteiger partial charge in [-0.05, 0) is 37.1 Å². The molecule has 0 saturated heterocycles. The SMILES string of the molecule is NNc1ccc(S(=O)(=O)Nc2nc(C3CC3)cs2)cc1. The molecule has 0 atom stereocenters. The summed E-state index contributed by atoms with van der Waals surface area (Å²) >= 11 is 1.31. The fourth-order valence-corrected chi connectivity index (χ4v) is 3.85. The quantitative estimate of drug-likeness (QED) is 0.580. The molecule has 3 rings (SSSR count). The summed E-state index contributed by atoms with van der Waals surface area (Å²) in [7, 11) is -3.60. The molecule has 1 saturated carbocycles. The molecule has 106 valence electrons. The molecule has 1 fully saturated rings. The summed E-state index contributed by atoms with van der Waals surface area (Å²) in [5.74, 6) is 5.76. The molecule has 1 aromatic carbocycles. The molecule has 0 aliphatic heterocycles. The highest BCUT2D eigenvalue weighted by Crippen LogP contribution is 2.41. The van der Waals surface area contributed by atoms with Gasteiger partial charge in [-0.2, -0.15) is 0 Å². The zero-order chi connectivity index (χ0) is 14.2. The van der Waals surface area contributed by atoms with Crippen LogP contribution in [0.15, 0.2) is 34.5 Å². The fraction of sp³-hybridized carbons (Fsp3) is 0.250.